The molecule has 2 aromatic rings. The molecule has 9 nitrogen and oxygen atoms in total. The molecule has 1 saturated heterocycles. The van der Waals surface area contributed by atoms with Crippen LogP contribution < -0.4 is 10.0 Å². The molecule has 1 fully saturated rings. The summed E-state index contributed by atoms with van der Waals surface area (Å²) >= 11 is 6.13. The Morgan fingerprint density at radius 1 is 1.16 bits per heavy atom. The van der Waals surface area contributed by atoms with Crippen LogP contribution in [0.2, 0.25) is 5.02 Å². The van der Waals surface area contributed by atoms with Crippen molar-refractivity contribution in [3.8, 4) is 0 Å². The van der Waals surface area contributed by atoms with Crippen molar-refractivity contribution in [1.82, 2.24) is 4.31 Å². The molecule has 1 N–H and O–H groups in total. The summed E-state index contributed by atoms with van der Waals surface area (Å²) < 4.78 is 32.8. The molecule has 1 aliphatic heterocycles. The zero-order valence-electron chi connectivity index (χ0n) is 16.8. The summed E-state index contributed by atoms with van der Waals surface area (Å²) in [6.45, 7) is 2.27. The Morgan fingerprint density at radius 3 is 2.45 bits per heavy atom. The van der Waals surface area contributed by atoms with Crippen molar-refractivity contribution in [2.45, 2.75) is 37.2 Å². The minimum atomic E-state index is -3.71. The predicted molar refractivity (Wildman–Crippen MR) is 113 cm³/mol. The van der Waals surface area contributed by atoms with E-state index in [0.29, 0.717) is 17.8 Å². The molecule has 1 unspecified atom stereocenters. The Bertz CT molecular complexity index is 1070. The van der Waals surface area contributed by atoms with Gasteiger partial charge in [-0.2, -0.15) is 9.04 Å². The highest BCUT2D eigenvalue weighted by molar-refractivity contribution is 7.89. The van der Waals surface area contributed by atoms with Crippen molar-refractivity contribution in [1.29, 1.82) is 0 Å². The lowest BCUT2D eigenvalue weighted by Gasteiger charge is -2.26. The average Bonchev–Trinajstić information content (AvgIpc) is 2.76. The van der Waals surface area contributed by atoms with Crippen LogP contribution >= 0.6 is 11.6 Å². The molecule has 0 radical (unpaired) electrons. The van der Waals surface area contributed by atoms with E-state index in [2.05, 4.69) is 5.32 Å². The summed E-state index contributed by atoms with van der Waals surface area (Å²) in [6.07, 6.45) is 3.67. The number of piperidine rings is 1. The number of pyridine rings is 1. The maximum Gasteiger partial charge on any atom is 0.339 e. The maximum absolute atomic E-state index is 12.9. The SMILES string of the molecule is CC(OC(=O)c1cc[n+]([O-])cc1)C(=O)Nc1cc(S(=O)(=O)N2CCCCC2)ccc1Cl. The standard InChI is InChI=1S/C20H22ClN3O6S/c1-14(30-20(26)15-7-11-23(27)12-8-15)19(25)22-18-13-16(5-6-17(18)21)31(28,29)24-9-3-2-4-10-24/h5-8,11-14H,2-4,9-10H2,1H3,(H,22,25). The van der Waals surface area contributed by atoms with Gasteiger partial charge in [0.2, 0.25) is 10.0 Å². The summed E-state index contributed by atoms with van der Waals surface area (Å²) in [5.74, 6) is -1.46. The van der Waals surface area contributed by atoms with Crippen LogP contribution in [0.4, 0.5) is 5.69 Å². The van der Waals surface area contributed by atoms with Gasteiger partial charge in [-0.15, -0.1) is 0 Å². The van der Waals surface area contributed by atoms with E-state index in [1.165, 1.54) is 41.6 Å². The van der Waals surface area contributed by atoms with Gasteiger partial charge in [0.25, 0.3) is 5.91 Å². The maximum atomic E-state index is 12.9. The van der Waals surface area contributed by atoms with Crippen molar-refractivity contribution >= 4 is 39.2 Å². The highest BCUT2D eigenvalue weighted by Gasteiger charge is 2.27. The van der Waals surface area contributed by atoms with Crippen LogP contribution in [0.1, 0.15) is 36.5 Å². The minimum Gasteiger partial charge on any atom is -0.619 e. The van der Waals surface area contributed by atoms with Crippen molar-refractivity contribution in [2.75, 3.05) is 18.4 Å². The molecule has 0 bridgehead atoms. The fraction of sp³-hybridized carbons (Fsp3) is 0.350. The van der Waals surface area contributed by atoms with Crippen LogP contribution in [-0.4, -0.2) is 43.8 Å². The van der Waals surface area contributed by atoms with E-state index in [-0.39, 0.29) is 21.2 Å². The third-order valence-corrected chi connectivity index (χ3v) is 7.06. The number of aromatic nitrogens is 1. The first-order valence-corrected chi connectivity index (χ1v) is 11.5. The third kappa shape index (κ3) is 5.52. The number of rotatable bonds is 6. The van der Waals surface area contributed by atoms with E-state index < -0.39 is 28.0 Å². The van der Waals surface area contributed by atoms with Crippen molar-refractivity contribution in [2.24, 2.45) is 0 Å². The van der Waals surface area contributed by atoms with E-state index >= 15 is 0 Å². The van der Waals surface area contributed by atoms with E-state index in [1.54, 1.807) is 0 Å². The molecule has 1 aromatic heterocycles. The normalized spacial score (nSPS) is 15.8. The fourth-order valence-corrected chi connectivity index (χ4v) is 4.79. The molecule has 0 saturated carbocycles. The lowest BCUT2D eigenvalue weighted by atomic mass is 10.2. The lowest BCUT2D eigenvalue weighted by molar-refractivity contribution is -0.605. The third-order valence-electron chi connectivity index (χ3n) is 4.84. The van der Waals surface area contributed by atoms with E-state index in [4.69, 9.17) is 16.3 Å². The van der Waals surface area contributed by atoms with Gasteiger partial charge in [0, 0.05) is 25.2 Å². The van der Waals surface area contributed by atoms with Crippen molar-refractivity contribution < 1.29 is 27.5 Å². The second-order valence-corrected chi connectivity index (χ2v) is 9.44. The van der Waals surface area contributed by atoms with E-state index in [9.17, 15) is 23.2 Å². The molecule has 1 atom stereocenters. The highest BCUT2D eigenvalue weighted by atomic mass is 35.5. The Hall–Kier alpha value is -2.69. The first-order valence-electron chi connectivity index (χ1n) is 9.69. The molecule has 0 aliphatic carbocycles. The number of halogens is 1. The number of nitrogens with zero attached hydrogens (tertiary/aromatic N) is 2. The predicted octanol–water partition coefficient (Wildman–Crippen LogP) is 2.33. The largest absolute Gasteiger partial charge is 0.619 e. The number of sulfonamides is 1. The van der Waals surface area contributed by atoms with Crippen LogP contribution in [0.25, 0.3) is 0 Å². The van der Waals surface area contributed by atoms with Gasteiger partial charge in [-0.05, 0) is 38.0 Å². The van der Waals surface area contributed by atoms with Crippen LogP contribution in [0.3, 0.4) is 0 Å². The summed E-state index contributed by atoms with van der Waals surface area (Å²) in [4.78, 5) is 24.6. The molecule has 1 amide bonds. The lowest BCUT2D eigenvalue weighted by Crippen LogP contribution is -2.35. The number of esters is 1. The molecule has 11 heteroatoms. The topological polar surface area (TPSA) is 120 Å². The molecule has 3 rings (SSSR count). The average molecular weight is 468 g/mol. The molecular weight excluding hydrogens is 446 g/mol. The van der Waals surface area contributed by atoms with Crippen LogP contribution in [0, 0.1) is 5.21 Å². The number of hydrogen-bond acceptors (Lipinski definition) is 6. The van der Waals surface area contributed by atoms with Gasteiger partial charge in [0.15, 0.2) is 18.5 Å². The van der Waals surface area contributed by atoms with Gasteiger partial charge in [0.1, 0.15) is 0 Å². The zero-order valence-corrected chi connectivity index (χ0v) is 18.4. The summed E-state index contributed by atoms with van der Waals surface area (Å²) in [7, 11) is -3.71. The van der Waals surface area contributed by atoms with Crippen molar-refractivity contribution in [3.63, 3.8) is 0 Å². The van der Waals surface area contributed by atoms with Gasteiger partial charge < -0.3 is 15.3 Å². The quantitative estimate of drug-likeness (QED) is 0.395. The number of carbonyl (C=O) groups is 2. The number of amides is 1. The van der Waals surface area contributed by atoms with Gasteiger partial charge in [-0.1, -0.05) is 18.0 Å². The Labute approximate surface area is 185 Å². The van der Waals surface area contributed by atoms with Crippen LogP contribution in [-0.2, 0) is 19.6 Å². The van der Waals surface area contributed by atoms with Gasteiger partial charge in [-0.3, -0.25) is 4.79 Å². The second-order valence-electron chi connectivity index (χ2n) is 7.09. The molecule has 1 aromatic carbocycles. The van der Waals surface area contributed by atoms with Crippen LogP contribution in [0.15, 0.2) is 47.6 Å². The number of ether oxygens (including phenoxy) is 1. The van der Waals surface area contributed by atoms with E-state index in [1.807, 2.05) is 0 Å². The number of anilines is 1. The number of benzene rings is 1. The molecule has 31 heavy (non-hydrogen) atoms. The molecule has 166 valence electrons. The molecule has 1 aliphatic rings. The summed E-state index contributed by atoms with van der Waals surface area (Å²) in [6, 6.07) is 6.62. The Balaban J connectivity index is 1.71. The summed E-state index contributed by atoms with van der Waals surface area (Å²) in [5, 5.41) is 13.7. The first-order chi connectivity index (χ1) is 14.7. The fourth-order valence-electron chi connectivity index (χ4n) is 3.08. The number of nitrogens with one attached hydrogen (secondary N) is 1. The summed E-state index contributed by atoms with van der Waals surface area (Å²) in [5.41, 5.74) is 0.208. The smallest absolute Gasteiger partial charge is 0.339 e. The molecular formula is C20H22ClN3O6S. The number of hydrogen-bond donors (Lipinski definition) is 1. The van der Waals surface area contributed by atoms with Crippen LogP contribution in [0.5, 0.6) is 0 Å². The van der Waals surface area contributed by atoms with E-state index in [0.717, 1.165) is 31.7 Å². The van der Waals surface area contributed by atoms with Gasteiger partial charge in [-0.25, -0.2) is 13.2 Å². The van der Waals surface area contributed by atoms with Crippen molar-refractivity contribution in [3.05, 3.63) is 58.5 Å². The molecule has 2 heterocycles. The van der Waals surface area contributed by atoms with Gasteiger partial charge >= 0.3 is 5.97 Å². The minimum absolute atomic E-state index is 0.0222. The molecule has 0 spiro atoms. The monoisotopic (exact) mass is 467 g/mol. The Kier molecular flexibility index (Phi) is 7.14. The Morgan fingerprint density at radius 2 is 1.81 bits per heavy atom. The highest BCUT2D eigenvalue weighted by Crippen LogP contribution is 2.28. The second kappa shape index (κ2) is 9.63. The number of carbonyl (C=O) groups excluding carboxylic acids is 2. The zero-order chi connectivity index (χ0) is 22.6. The first kappa shape index (κ1) is 23.0. The van der Waals surface area contributed by atoms with Gasteiger partial charge in [0.05, 0.1) is 21.2 Å².